The van der Waals surface area contributed by atoms with Gasteiger partial charge in [-0.25, -0.2) is 8.42 Å². The first-order valence-electron chi connectivity index (χ1n) is 6.71. The van der Waals surface area contributed by atoms with Crippen LogP contribution in [0.4, 0.5) is 5.69 Å². The molecule has 0 amide bonds. The normalized spacial score (nSPS) is 14.1. The largest absolute Gasteiger partial charge is 0.486 e. The summed E-state index contributed by atoms with van der Waals surface area (Å²) >= 11 is 0. The van der Waals surface area contributed by atoms with E-state index in [1.165, 1.54) is 0 Å². The zero-order valence-corrected chi connectivity index (χ0v) is 12.3. The van der Waals surface area contributed by atoms with Crippen LogP contribution in [0.3, 0.4) is 0 Å². The summed E-state index contributed by atoms with van der Waals surface area (Å²) in [4.78, 5) is 0. The average Bonchev–Trinajstić information content (AvgIpc) is 2.43. The maximum atomic E-state index is 11.9. The molecule has 1 aliphatic heterocycles. The van der Waals surface area contributed by atoms with Crippen LogP contribution in [0.2, 0.25) is 0 Å². The van der Waals surface area contributed by atoms with Crippen molar-refractivity contribution in [3.63, 3.8) is 0 Å². The minimum atomic E-state index is -3.33. The van der Waals surface area contributed by atoms with Crippen LogP contribution in [0, 0.1) is 0 Å². The summed E-state index contributed by atoms with van der Waals surface area (Å²) in [7, 11) is -3.33. The first-order chi connectivity index (χ1) is 9.61. The SMILES string of the molecule is CCNCCCS(=O)(=O)Nc1ccc2c(c1)OCCO2. The molecule has 0 bridgehead atoms. The van der Waals surface area contributed by atoms with Crippen LogP contribution in [-0.2, 0) is 10.0 Å². The van der Waals surface area contributed by atoms with Gasteiger partial charge in [0.2, 0.25) is 10.0 Å². The lowest BCUT2D eigenvalue weighted by molar-refractivity contribution is 0.171. The zero-order chi connectivity index (χ0) is 14.4. The van der Waals surface area contributed by atoms with E-state index in [9.17, 15) is 8.42 Å². The van der Waals surface area contributed by atoms with Gasteiger partial charge < -0.3 is 14.8 Å². The van der Waals surface area contributed by atoms with E-state index in [-0.39, 0.29) is 5.75 Å². The molecule has 1 aromatic rings. The smallest absolute Gasteiger partial charge is 0.232 e. The van der Waals surface area contributed by atoms with Crippen molar-refractivity contribution in [3.05, 3.63) is 18.2 Å². The van der Waals surface area contributed by atoms with Crippen LogP contribution in [0.5, 0.6) is 11.5 Å². The number of sulfonamides is 1. The Morgan fingerprint density at radius 3 is 2.70 bits per heavy atom. The van der Waals surface area contributed by atoms with Crippen molar-refractivity contribution in [1.82, 2.24) is 5.32 Å². The second-order valence-electron chi connectivity index (χ2n) is 4.49. The van der Waals surface area contributed by atoms with Gasteiger partial charge in [-0.3, -0.25) is 4.72 Å². The van der Waals surface area contributed by atoms with Gasteiger partial charge in [-0.1, -0.05) is 6.92 Å². The highest BCUT2D eigenvalue weighted by molar-refractivity contribution is 7.92. The summed E-state index contributed by atoms with van der Waals surface area (Å²) in [6.45, 7) is 4.52. The van der Waals surface area contributed by atoms with Gasteiger partial charge in [-0.15, -0.1) is 0 Å². The van der Waals surface area contributed by atoms with Gasteiger partial charge in [0.05, 0.1) is 11.4 Å². The molecule has 2 rings (SSSR count). The van der Waals surface area contributed by atoms with E-state index < -0.39 is 10.0 Å². The topological polar surface area (TPSA) is 76.7 Å². The second kappa shape index (κ2) is 6.81. The average molecular weight is 300 g/mol. The summed E-state index contributed by atoms with van der Waals surface area (Å²) in [6.07, 6.45) is 0.577. The molecule has 0 spiro atoms. The molecule has 0 unspecified atom stereocenters. The fourth-order valence-electron chi connectivity index (χ4n) is 1.90. The van der Waals surface area contributed by atoms with Crippen molar-refractivity contribution in [1.29, 1.82) is 0 Å². The second-order valence-corrected chi connectivity index (χ2v) is 6.33. The Hall–Kier alpha value is -1.47. The maximum absolute atomic E-state index is 11.9. The number of anilines is 1. The molecule has 0 atom stereocenters. The van der Waals surface area contributed by atoms with Crippen LogP contribution in [0.15, 0.2) is 18.2 Å². The fourth-order valence-corrected chi connectivity index (χ4v) is 3.01. The van der Waals surface area contributed by atoms with E-state index in [0.717, 1.165) is 6.54 Å². The zero-order valence-electron chi connectivity index (χ0n) is 11.5. The molecule has 0 saturated heterocycles. The van der Waals surface area contributed by atoms with E-state index in [0.29, 0.717) is 43.4 Å². The highest BCUT2D eigenvalue weighted by Gasteiger charge is 2.15. The molecule has 2 N–H and O–H groups in total. The first kappa shape index (κ1) is 14.9. The predicted octanol–water partition coefficient (Wildman–Crippen LogP) is 1.20. The number of hydrogen-bond donors (Lipinski definition) is 2. The molecule has 7 heteroatoms. The summed E-state index contributed by atoms with van der Waals surface area (Å²) in [5.41, 5.74) is 0.498. The molecule has 6 nitrogen and oxygen atoms in total. The highest BCUT2D eigenvalue weighted by atomic mass is 32.2. The van der Waals surface area contributed by atoms with Crippen LogP contribution in [-0.4, -0.2) is 40.5 Å². The van der Waals surface area contributed by atoms with E-state index in [2.05, 4.69) is 10.0 Å². The maximum Gasteiger partial charge on any atom is 0.232 e. The van der Waals surface area contributed by atoms with Crippen molar-refractivity contribution < 1.29 is 17.9 Å². The van der Waals surface area contributed by atoms with Crippen LogP contribution in [0.1, 0.15) is 13.3 Å². The van der Waals surface area contributed by atoms with Gasteiger partial charge in [-0.05, 0) is 31.6 Å². The molecule has 0 saturated carbocycles. The van der Waals surface area contributed by atoms with E-state index >= 15 is 0 Å². The fraction of sp³-hybridized carbons (Fsp3) is 0.538. The third-order valence-corrected chi connectivity index (χ3v) is 4.20. The number of rotatable bonds is 7. The van der Waals surface area contributed by atoms with Crippen LogP contribution >= 0.6 is 0 Å². The standard InChI is InChI=1S/C13H20N2O4S/c1-2-14-6-3-9-20(16,17)15-11-4-5-12-13(10-11)19-8-7-18-12/h4-5,10,14-15H,2-3,6-9H2,1H3. The van der Waals surface area contributed by atoms with Gasteiger partial charge in [-0.2, -0.15) is 0 Å². The summed E-state index contributed by atoms with van der Waals surface area (Å²) in [5, 5.41) is 3.10. The molecule has 0 fully saturated rings. The van der Waals surface area contributed by atoms with Crippen LogP contribution in [0.25, 0.3) is 0 Å². The molecule has 0 radical (unpaired) electrons. The Morgan fingerprint density at radius 2 is 1.95 bits per heavy atom. The van der Waals surface area contributed by atoms with Crippen molar-refractivity contribution in [2.24, 2.45) is 0 Å². The molecule has 112 valence electrons. The van der Waals surface area contributed by atoms with E-state index in [1.807, 2.05) is 6.92 Å². The first-order valence-corrected chi connectivity index (χ1v) is 8.37. The Bertz CT molecular complexity index is 545. The van der Waals surface area contributed by atoms with Gasteiger partial charge >= 0.3 is 0 Å². The Morgan fingerprint density at radius 1 is 1.20 bits per heavy atom. The lowest BCUT2D eigenvalue weighted by Crippen LogP contribution is -2.22. The molecule has 0 aliphatic carbocycles. The van der Waals surface area contributed by atoms with Crippen molar-refractivity contribution >= 4 is 15.7 Å². The van der Waals surface area contributed by atoms with Gasteiger partial charge in [0.1, 0.15) is 13.2 Å². The Kier molecular flexibility index (Phi) is 5.08. The summed E-state index contributed by atoms with van der Waals surface area (Å²) in [6, 6.07) is 5.04. The third kappa shape index (κ3) is 4.28. The van der Waals surface area contributed by atoms with E-state index in [4.69, 9.17) is 9.47 Å². The van der Waals surface area contributed by atoms with Crippen molar-refractivity contribution in [3.8, 4) is 11.5 Å². The molecule has 0 aromatic heterocycles. The molecule has 20 heavy (non-hydrogen) atoms. The molecule has 1 heterocycles. The molecular formula is C13H20N2O4S. The predicted molar refractivity (Wildman–Crippen MR) is 78.0 cm³/mol. The van der Waals surface area contributed by atoms with Crippen molar-refractivity contribution in [2.75, 3.05) is 36.8 Å². The third-order valence-electron chi connectivity index (χ3n) is 2.83. The number of hydrogen-bond acceptors (Lipinski definition) is 5. The Labute approximate surface area is 119 Å². The number of fused-ring (bicyclic) bond motifs is 1. The minimum Gasteiger partial charge on any atom is -0.486 e. The van der Waals surface area contributed by atoms with Gasteiger partial charge in [0, 0.05) is 6.07 Å². The van der Waals surface area contributed by atoms with Gasteiger partial charge in [0.15, 0.2) is 11.5 Å². The Balaban J connectivity index is 1.95. The lowest BCUT2D eigenvalue weighted by Gasteiger charge is -2.19. The quantitative estimate of drug-likeness (QED) is 0.740. The van der Waals surface area contributed by atoms with Gasteiger partial charge in [0.25, 0.3) is 0 Å². The molecule has 1 aliphatic rings. The highest BCUT2D eigenvalue weighted by Crippen LogP contribution is 2.32. The lowest BCUT2D eigenvalue weighted by atomic mass is 10.3. The van der Waals surface area contributed by atoms with E-state index in [1.54, 1.807) is 18.2 Å². The minimum absolute atomic E-state index is 0.0917. The number of benzene rings is 1. The van der Waals surface area contributed by atoms with Crippen LogP contribution < -0.4 is 19.5 Å². The molecule has 1 aromatic carbocycles. The summed E-state index contributed by atoms with van der Waals surface area (Å²) in [5.74, 6) is 1.31. The monoisotopic (exact) mass is 300 g/mol. The molecular weight excluding hydrogens is 280 g/mol. The number of ether oxygens (including phenoxy) is 2. The summed E-state index contributed by atoms with van der Waals surface area (Å²) < 4.78 is 37.2. The van der Waals surface area contributed by atoms with Crippen molar-refractivity contribution in [2.45, 2.75) is 13.3 Å². The number of nitrogens with one attached hydrogen (secondary N) is 2.